The molecule has 7 heteroatoms. The van der Waals surface area contributed by atoms with Gasteiger partial charge in [-0.2, -0.15) is 0 Å². The zero-order valence-corrected chi connectivity index (χ0v) is 23.1. The monoisotopic (exact) mass is 541 g/mol. The van der Waals surface area contributed by atoms with E-state index in [1.165, 1.54) is 19.3 Å². The third-order valence-electron chi connectivity index (χ3n) is 10.2. The Balaban J connectivity index is 1.25. The molecule has 0 saturated heterocycles. The van der Waals surface area contributed by atoms with Crippen molar-refractivity contribution in [3.63, 3.8) is 0 Å². The van der Waals surface area contributed by atoms with Gasteiger partial charge in [0.1, 0.15) is 5.75 Å². The Morgan fingerprint density at radius 1 is 0.800 bits per heavy atom. The molecule has 0 spiro atoms. The zero-order chi connectivity index (χ0) is 27.3. The van der Waals surface area contributed by atoms with Crippen molar-refractivity contribution in [1.29, 1.82) is 0 Å². The van der Waals surface area contributed by atoms with Crippen LogP contribution in [0.15, 0.2) is 54.6 Å². The van der Waals surface area contributed by atoms with Gasteiger partial charge in [-0.1, -0.05) is 49.6 Å². The highest BCUT2D eigenvalue weighted by molar-refractivity contribution is 6.21. The molecule has 1 N–H and O–H groups in total. The van der Waals surface area contributed by atoms with Crippen molar-refractivity contribution < 1.29 is 19.1 Å². The van der Waals surface area contributed by atoms with Gasteiger partial charge in [0.25, 0.3) is 11.8 Å². The fourth-order valence-corrected chi connectivity index (χ4v) is 9.10. The van der Waals surface area contributed by atoms with Gasteiger partial charge >= 0.3 is 6.09 Å². The van der Waals surface area contributed by atoms with Gasteiger partial charge in [0.15, 0.2) is 6.04 Å². The molecule has 5 fully saturated rings. The average Bonchev–Trinajstić information content (AvgIpc) is 3.02. The third-order valence-corrected chi connectivity index (χ3v) is 10.2. The molecule has 6 aliphatic rings. The minimum Gasteiger partial charge on any atom is -0.410 e. The summed E-state index contributed by atoms with van der Waals surface area (Å²) in [5, 5.41) is 2.71. The number of nitrogens with one attached hydrogen (secondary N) is 1. The van der Waals surface area contributed by atoms with E-state index >= 15 is 0 Å². The van der Waals surface area contributed by atoms with Crippen molar-refractivity contribution in [2.24, 2.45) is 23.2 Å². The van der Waals surface area contributed by atoms with Gasteiger partial charge in [0.2, 0.25) is 0 Å². The number of rotatable bonds is 5. The standard InChI is InChI=1S/C33H39N3O4/c37-30-29(34-32(39)40-26-11-5-2-6-12-26)31(38)36(25-9-3-1-4-10-25)28-14-8-7-13-27(28)35(30)21-33-18-22-15-23(19-33)17-24(16-22)20-33/h2,5-8,11-14,22-25,29H,1,3-4,9-10,15-21H2,(H,34,39). The van der Waals surface area contributed by atoms with Gasteiger partial charge in [0.05, 0.1) is 11.4 Å². The lowest BCUT2D eigenvalue weighted by atomic mass is 9.49. The van der Waals surface area contributed by atoms with E-state index in [1.54, 1.807) is 24.3 Å². The summed E-state index contributed by atoms with van der Waals surface area (Å²) >= 11 is 0. The number of fused-ring (bicyclic) bond motifs is 1. The molecule has 2 aromatic carbocycles. The Bertz CT molecular complexity index is 1250. The van der Waals surface area contributed by atoms with Gasteiger partial charge in [0, 0.05) is 12.6 Å². The molecular weight excluding hydrogens is 502 g/mol. The van der Waals surface area contributed by atoms with E-state index in [-0.39, 0.29) is 23.3 Å². The van der Waals surface area contributed by atoms with E-state index in [0.29, 0.717) is 12.3 Å². The summed E-state index contributed by atoms with van der Waals surface area (Å²) in [5.74, 6) is 1.90. The molecule has 1 atom stereocenters. The number of carbonyl (C=O) groups excluding carboxylic acids is 3. The van der Waals surface area contributed by atoms with E-state index in [0.717, 1.165) is 80.5 Å². The lowest BCUT2D eigenvalue weighted by Crippen LogP contribution is -2.59. The van der Waals surface area contributed by atoms with Crippen LogP contribution in [0.3, 0.4) is 0 Å². The molecule has 4 bridgehead atoms. The molecule has 210 valence electrons. The fraction of sp³-hybridized carbons (Fsp3) is 0.545. The highest BCUT2D eigenvalue weighted by Gasteiger charge is 2.53. The first-order valence-corrected chi connectivity index (χ1v) is 15.2. The Kier molecular flexibility index (Phi) is 6.56. The average molecular weight is 542 g/mol. The van der Waals surface area contributed by atoms with E-state index < -0.39 is 12.1 Å². The Morgan fingerprint density at radius 2 is 1.40 bits per heavy atom. The summed E-state index contributed by atoms with van der Waals surface area (Å²) in [6.45, 7) is 0.601. The minimum absolute atomic E-state index is 0.00384. The zero-order valence-electron chi connectivity index (χ0n) is 23.1. The van der Waals surface area contributed by atoms with Crippen LogP contribution >= 0.6 is 0 Å². The molecular formula is C33H39N3O4. The smallest absolute Gasteiger partial charge is 0.410 e. The maximum Gasteiger partial charge on any atom is 0.413 e. The number of anilines is 2. The largest absolute Gasteiger partial charge is 0.413 e. The molecule has 5 saturated carbocycles. The van der Waals surface area contributed by atoms with Crippen LogP contribution in [0.4, 0.5) is 16.2 Å². The van der Waals surface area contributed by atoms with Gasteiger partial charge in [-0.15, -0.1) is 0 Å². The van der Waals surface area contributed by atoms with Gasteiger partial charge in [-0.05, 0) is 98.8 Å². The van der Waals surface area contributed by atoms with Crippen LogP contribution in [-0.4, -0.2) is 36.5 Å². The van der Waals surface area contributed by atoms with Gasteiger partial charge in [-0.3, -0.25) is 9.59 Å². The minimum atomic E-state index is -1.33. The number of hydrogen-bond donors (Lipinski definition) is 1. The number of para-hydroxylation sites is 3. The number of benzene rings is 2. The van der Waals surface area contributed by atoms with E-state index in [9.17, 15) is 14.4 Å². The Labute approximate surface area is 236 Å². The van der Waals surface area contributed by atoms with Crippen LogP contribution in [-0.2, 0) is 9.59 Å². The highest BCUT2D eigenvalue weighted by atomic mass is 16.6. The summed E-state index contributed by atoms with van der Waals surface area (Å²) < 4.78 is 5.49. The van der Waals surface area contributed by atoms with E-state index in [4.69, 9.17) is 4.74 Å². The molecule has 7 nitrogen and oxygen atoms in total. The number of nitrogens with zero attached hydrogens (tertiary/aromatic N) is 2. The molecule has 0 aromatic heterocycles. The maximum absolute atomic E-state index is 14.5. The van der Waals surface area contributed by atoms with Crippen LogP contribution in [0.25, 0.3) is 0 Å². The van der Waals surface area contributed by atoms with Crippen molar-refractivity contribution in [3.8, 4) is 5.75 Å². The van der Waals surface area contributed by atoms with Crippen LogP contribution in [0.1, 0.15) is 70.6 Å². The SMILES string of the molecule is O=C(NC1C(=O)N(CC23CC4CC(CC(C4)C2)C3)c2ccccc2N(C2CCCCC2)C1=O)Oc1ccccc1. The summed E-state index contributed by atoms with van der Waals surface area (Å²) in [6.07, 6.45) is 11.7. The molecule has 5 aliphatic carbocycles. The molecule has 0 radical (unpaired) electrons. The molecule has 40 heavy (non-hydrogen) atoms. The Hall–Kier alpha value is -3.35. The second-order valence-corrected chi connectivity index (χ2v) is 13.1. The maximum atomic E-state index is 14.5. The lowest BCUT2D eigenvalue weighted by molar-refractivity contribution is -0.130. The first-order chi connectivity index (χ1) is 19.5. The summed E-state index contributed by atoms with van der Waals surface area (Å²) in [4.78, 5) is 45.6. The molecule has 3 amide bonds. The van der Waals surface area contributed by atoms with Gasteiger partial charge < -0.3 is 19.9 Å². The highest BCUT2D eigenvalue weighted by Crippen LogP contribution is 2.60. The fourth-order valence-electron chi connectivity index (χ4n) is 9.10. The van der Waals surface area contributed by atoms with E-state index in [2.05, 4.69) is 5.32 Å². The number of hydrogen-bond acceptors (Lipinski definition) is 4. The van der Waals surface area contributed by atoms with Crippen molar-refractivity contribution >= 4 is 29.3 Å². The number of amides is 3. The predicted octanol–water partition coefficient (Wildman–Crippen LogP) is 6.07. The quantitative estimate of drug-likeness (QED) is 0.466. The molecule has 2 aromatic rings. The van der Waals surface area contributed by atoms with Crippen LogP contribution < -0.4 is 19.9 Å². The number of carbonyl (C=O) groups is 3. The van der Waals surface area contributed by atoms with Crippen molar-refractivity contribution in [2.75, 3.05) is 16.3 Å². The second-order valence-electron chi connectivity index (χ2n) is 13.1. The first kappa shape index (κ1) is 25.6. The lowest BCUT2D eigenvalue weighted by Gasteiger charge is -2.57. The van der Waals surface area contributed by atoms with Crippen molar-refractivity contribution in [2.45, 2.75) is 82.7 Å². The van der Waals surface area contributed by atoms with Crippen molar-refractivity contribution in [3.05, 3.63) is 54.6 Å². The van der Waals surface area contributed by atoms with Gasteiger partial charge in [-0.25, -0.2) is 4.79 Å². The van der Waals surface area contributed by atoms with E-state index in [1.807, 2.05) is 40.1 Å². The summed E-state index contributed by atoms with van der Waals surface area (Å²) in [6, 6.07) is 15.3. The second kappa shape index (κ2) is 10.2. The topological polar surface area (TPSA) is 79.0 Å². The normalized spacial score (nSPS) is 31.6. The molecule has 1 unspecified atom stereocenters. The number of ether oxygens (including phenoxy) is 1. The molecule has 8 rings (SSSR count). The van der Waals surface area contributed by atoms with Crippen LogP contribution in [0.2, 0.25) is 0 Å². The molecule has 1 aliphatic heterocycles. The summed E-state index contributed by atoms with van der Waals surface area (Å²) in [5.41, 5.74) is 1.66. The van der Waals surface area contributed by atoms with Crippen LogP contribution in [0.5, 0.6) is 5.75 Å². The first-order valence-electron chi connectivity index (χ1n) is 15.2. The van der Waals surface area contributed by atoms with Crippen LogP contribution in [0, 0.1) is 23.2 Å². The van der Waals surface area contributed by atoms with Crippen molar-refractivity contribution in [1.82, 2.24) is 5.32 Å². The predicted molar refractivity (Wildman–Crippen MR) is 153 cm³/mol. The third kappa shape index (κ3) is 4.67. The Morgan fingerprint density at radius 3 is 2.05 bits per heavy atom. The molecule has 1 heterocycles. The summed E-state index contributed by atoms with van der Waals surface area (Å²) in [7, 11) is 0.